The zero-order valence-corrected chi connectivity index (χ0v) is 8.74. The van der Waals surface area contributed by atoms with E-state index < -0.39 is 0 Å². The Balaban J connectivity index is 1.98. The lowest BCUT2D eigenvalue weighted by Gasteiger charge is -2.34. The van der Waals surface area contributed by atoms with Gasteiger partial charge < -0.3 is 0 Å². The first-order chi connectivity index (χ1) is 6.82. The van der Waals surface area contributed by atoms with Crippen LogP contribution in [0.4, 0.5) is 5.69 Å². The van der Waals surface area contributed by atoms with Gasteiger partial charge in [0.1, 0.15) is 5.69 Å². The summed E-state index contributed by atoms with van der Waals surface area (Å²) in [6.07, 6.45) is 5.69. The highest BCUT2D eigenvalue weighted by Gasteiger charge is 2.52. The van der Waals surface area contributed by atoms with E-state index in [2.05, 4.69) is 37.4 Å². The molecular weight excluding hydrogens is 170 g/mol. The monoisotopic (exact) mass is 187 g/mol. The minimum atomic E-state index is 0.907. The molecular formula is C13H17N+. The predicted molar refractivity (Wildman–Crippen MR) is 59.0 cm³/mol. The lowest BCUT2D eigenvalue weighted by Crippen LogP contribution is -2.49. The zero-order chi connectivity index (χ0) is 9.60. The molecule has 2 fully saturated rings. The number of quaternary nitrogens is 1. The van der Waals surface area contributed by atoms with Gasteiger partial charge in [0.05, 0.1) is 19.1 Å². The average Bonchev–Trinajstić information content (AvgIpc) is 3.06. The van der Waals surface area contributed by atoms with Gasteiger partial charge in [-0.05, 0) is 30.3 Å². The van der Waals surface area contributed by atoms with E-state index in [4.69, 9.17) is 0 Å². The highest BCUT2D eigenvalue weighted by atomic mass is 15.4. The maximum Gasteiger partial charge on any atom is 0.133 e. The van der Waals surface area contributed by atoms with Gasteiger partial charge in [-0.3, -0.25) is 4.48 Å². The third-order valence-corrected chi connectivity index (χ3v) is 3.87. The summed E-state index contributed by atoms with van der Waals surface area (Å²) in [5.41, 5.74) is 1.49. The topological polar surface area (TPSA) is 0 Å². The molecule has 0 amide bonds. The van der Waals surface area contributed by atoms with Gasteiger partial charge in [0.2, 0.25) is 0 Å². The van der Waals surface area contributed by atoms with E-state index >= 15 is 0 Å². The van der Waals surface area contributed by atoms with Gasteiger partial charge in [-0.2, -0.15) is 0 Å². The molecule has 0 heterocycles. The zero-order valence-electron chi connectivity index (χ0n) is 8.74. The molecule has 0 unspecified atom stereocenters. The average molecular weight is 187 g/mol. The molecule has 0 aromatic heterocycles. The minimum Gasteiger partial charge on any atom is -0.289 e. The van der Waals surface area contributed by atoms with Crippen molar-refractivity contribution in [3.05, 3.63) is 30.3 Å². The smallest absolute Gasteiger partial charge is 0.133 e. The van der Waals surface area contributed by atoms with E-state index in [1.54, 1.807) is 0 Å². The second-order valence-electron chi connectivity index (χ2n) is 4.87. The molecule has 1 aromatic rings. The van der Waals surface area contributed by atoms with Crippen molar-refractivity contribution in [2.45, 2.75) is 37.8 Å². The normalized spacial score (nSPS) is 22.4. The summed E-state index contributed by atoms with van der Waals surface area (Å²) in [4.78, 5) is 0. The summed E-state index contributed by atoms with van der Waals surface area (Å²) < 4.78 is 1.20. The Bertz CT molecular complexity index is 310. The maximum atomic E-state index is 3.11. The molecule has 3 rings (SSSR count). The van der Waals surface area contributed by atoms with Crippen LogP contribution in [-0.2, 0) is 0 Å². The van der Waals surface area contributed by atoms with Crippen LogP contribution in [0.5, 0.6) is 0 Å². The third-order valence-electron chi connectivity index (χ3n) is 3.87. The van der Waals surface area contributed by atoms with Crippen molar-refractivity contribution in [1.29, 1.82) is 0 Å². The summed E-state index contributed by atoms with van der Waals surface area (Å²) in [5, 5.41) is 0. The molecule has 0 saturated heterocycles. The highest BCUT2D eigenvalue weighted by molar-refractivity contribution is 5.45. The van der Waals surface area contributed by atoms with Crippen LogP contribution < -0.4 is 4.48 Å². The highest BCUT2D eigenvalue weighted by Crippen LogP contribution is 2.46. The predicted octanol–water partition coefficient (Wildman–Crippen LogP) is 2.75. The Morgan fingerprint density at radius 3 is 2.00 bits per heavy atom. The molecule has 1 nitrogen and oxygen atoms in total. The van der Waals surface area contributed by atoms with Crippen molar-refractivity contribution in [2.75, 3.05) is 7.05 Å². The molecule has 2 saturated carbocycles. The number of hydrogen-bond donors (Lipinski definition) is 0. The SMILES string of the molecule is C[N+](c1cc[c]cc1)(C1CC1)C1CC1. The molecule has 14 heavy (non-hydrogen) atoms. The van der Waals surface area contributed by atoms with Gasteiger partial charge in [-0.1, -0.05) is 0 Å². The second kappa shape index (κ2) is 2.83. The Labute approximate surface area is 85.9 Å². The van der Waals surface area contributed by atoms with E-state index in [-0.39, 0.29) is 0 Å². The van der Waals surface area contributed by atoms with Gasteiger partial charge >= 0.3 is 0 Å². The summed E-state index contributed by atoms with van der Waals surface area (Å²) in [6.45, 7) is 0. The Morgan fingerprint density at radius 2 is 1.57 bits per heavy atom. The van der Waals surface area contributed by atoms with Crippen LogP contribution >= 0.6 is 0 Å². The molecule has 0 aliphatic heterocycles. The van der Waals surface area contributed by atoms with Crippen LogP contribution in [0.3, 0.4) is 0 Å². The molecule has 2 aliphatic carbocycles. The third kappa shape index (κ3) is 1.19. The first kappa shape index (κ1) is 8.49. The van der Waals surface area contributed by atoms with E-state index in [1.807, 2.05) is 0 Å². The maximum absolute atomic E-state index is 3.11. The van der Waals surface area contributed by atoms with Crippen molar-refractivity contribution in [3.63, 3.8) is 0 Å². The van der Waals surface area contributed by atoms with Crippen LogP contribution in [0, 0.1) is 6.07 Å². The van der Waals surface area contributed by atoms with Gasteiger partial charge in [-0.15, -0.1) is 0 Å². The number of rotatable bonds is 3. The van der Waals surface area contributed by atoms with E-state index in [0.717, 1.165) is 12.1 Å². The lowest BCUT2D eigenvalue weighted by atomic mass is 10.2. The van der Waals surface area contributed by atoms with Gasteiger partial charge in [0, 0.05) is 25.7 Å². The number of hydrogen-bond acceptors (Lipinski definition) is 0. The molecule has 73 valence electrons. The molecule has 0 atom stereocenters. The molecule has 1 aromatic carbocycles. The second-order valence-corrected chi connectivity index (χ2v) is 4.87. The quantitative estimate of drug-likeness (QED) is 0.638. The molecule has 1 radical (unpaired) electrons. The van der Waals surface area contributed by atoms with Crippen LogP contribution in [-0.4, -0.2) is 19.1 Å². The minimum absolute atomic E-state index is 0.907. The summed E-state index contributed by atoms with van der Waals surface area (Å²) in [5.74, 6) is 0. The van der Waals surface area contributed by atoms with Crippen LogP contribution in [0.1, 0.15) is 25.7 Å². The van der Waals surface area contributed by atoms with Crippen LogP contribution in [0.2, 0.25) is 0 Å². The fraction of sp³-hybridized carbons (Fsp3) is 0.538. The largest absolute Gasteiger partial charge is 0.289 e. The number of benzene rings is 1. The summed E-state index contributed by atoms with van der Waals surface area (Å²) >= 11 is 0. The Hall–Kier alpha value is -0.820. The molecule has 0 bridgehead atoms. The van der Waals surface area contributed by atoms with Crippen molar-refractivity contribution in [1.82, 2.24) is 4.48 Å². The Morgan fingerprint density at radius 1 is 1.07 bits per heavy atom. The van der Waals surface area contributed by atoms with Crippen molar-refractivity contribution in [3.8, 4) is 0 Å². The Kier molecular flexibility index (Phi) is 1.72. The van der Waals surface area contributed by atoms with Crippen molar-refractivity contribution >= 4 is 5.69 Å². The molecule has 0 N–H and O–H groups in total. The standard InChI is InChI=1S/C13H17N/c1-14(12-7-8-12,13-9-10-13)11-5-3-2-4-6-11/h3-6,12-13H,7-10H2,1H3/q+1. The van der Waals surface area contributed by atoms with Crippen molar-refractivity contribution in [2.24, 2.45) is 0 Å². The van der Waals surface area contributed by atoms with E-state index in [0.29, 0.717) is 0 Å². The molecule has 1 heteroatoms. The van der Waals surface area contributed by atoms with Crippen LogP contribution in [0.25, 0.3) is 0 Å². The van der Waals surface area contributed by atoms with Gasteiger partial charge in [0.15, 0.2) is 0 Å². The van der Waals surface area contributed by atoms with E-state index in [1.165, 1.54) is 35.9 Å². The fourth-order valence-corrected chi connectivity index (χ4v) is 2.64. The first-order valence-corrected chi connectivity index (χ1v) is 5.64. The molecule has 0 spiro atoms. The van der Waals surface area contributed by atoms with Gasteiger partial charge in [-0.25, -0.2) is 0 Å². The van der Waals surface area contributed by atoms with Crippen molar-refractivity contribution < 1.29 is 0 Å². The fourth-order valence-electron chi connectivity index (χ4n) is 2.64. The first-order valence-electron chi connectivity index (χ1n) is 5.64. The summed E-state index contributed by atoms with van der Waals surface area (Å²) in [7, 11) is 2.42. The molecule has 2 aliphatic rings. The van der Waals surface area contributed by atoms with E-state index in [9.17, 15) is 0 Å². The lowest BCUT2D eigenvalue weighted by molar-refractivity contribution is 0.309. The number of nitrogens with zero attached hydrogens (tertiary/aromatic N) is 1. The summed E-state index contributed by atoms with van der Waals surface area (Å²) in [6, 6.07) is 13.5. The van der Waals surface area contributed by atoms with Gasteiger partial charge in [0.25, 0.3) is 0 Å². The van der Waals surface area contributed by atoms with Crippen LogP contribution in [0.15, 0.2) is 24.3 Å².